The Balaban J connectivity index is 2.38. The molecule has 1 saturated heterocycles. The highest BCUT2D eigenvalue weighted by molar-refractivity contribution is 7.89. The van der Waals surface area contributed by atoms with Crippen molar-refractivity contribution in [2.45, 2.75) is 6.92 Å². The van der Waals surface area contributed by atoms with Crippen molar-refractivity contribution in [3.63, 3.8) is 0 Å². The van der Waals surface area contributed by atoms with Crippen LogP contribution in [0.2, 0.25) is 0 Å². The van der Waals surface area contributed by atoms with Crippen molar-refractivity contribution in [2.75, 3.05) is 45.1 Å². The zero-order chi connectivity index (χ0) is 10.4. The second-order valence-electron chi connectivity index (χ2n) is 3.16. The molecule has 1 heterocycles. The molecule has 0 radical (unpaired) electrons. The Labute approximate surface area is 85.5 Å². The average Bonchev–Trinajstić information content (AvgIpc) is 2.19. The van der Waals surface area contributed by atoms with Gasteiger partial charge in [-0.1, -0.05) is 0 Å². The summed E-state index contributed by atoms with van der Waals surface area (Å²) in [6.45, 7) is 5.36. The summed E-state index contributed by atoms with van der Waals surface area (Å²) in [5.74, 6) is 0.0981. The zero-order valence-electron chi connectivity index (χ0n) is 8.53. The molecule has 5 nitrogen and oxygen atoms in total. The fourth-order valence-corrected chi connectivity index (χ4v) is 2.69. The number of nitrogens with one attached hydrogen (secondary N) is 1. The summed E-state index contributed by atoms with van der Waals surface area (Å²) < 4.78 is 29.9. The summed E-state index contributed by atoms with van der Waals surface area (Å²) in [7, 11) is -3.09. The molecular formula is C8H18N2O3S. The molecule has 0 bridgehead atoms. The van der Waals surface area contributed by atoms with E-state index in [-0.39, 0.29) is 5.75 Å². The number of piperazine rings is 1. The van der Waals surface area contributed by atoms with Crippen molar-refractivity contribution in [3.8, 4) is 0 Å². The van der Waals surface area contributed by atoms with Gasteiger partial charge in [0.2, 0.25) is 10.0 Å². The summed E-state index contributed by atoms with van der Waals surface area (Å²) in [5, 5.41) is 3.12. The van der Waals surface area contributed by atoms with Gasteiger partial charge in [-0.25, -0.2) is 8.42 Å². The molecule has 0 unspecified atom stereocenters. The van der Waals surface area contributed by atoms with Crippen LogP contribution >= 0.6 is 0 Å². The van der Waals surface area contributed by atoms with E-state index in [4.69, 9.17) is 4.74 Å². The molecule has 0 aromatic carbocycles. The van der Waals surface area contributed by atoms with E-state index in [1.54, 1.807) is 0 Å². The number of nitrogens with zero attached hydrogens (tertiary/aromatic N) is 1. The van der Waals surface area contributed by atoms with Crippen LogP contribution in [-0.4, -0.2) is 57.9 Å². The topological polar surface area (TPSA) is 58.6 Å². The van der Waals surface area contributed by atoms with E-state index in [1.165, 1.54) is 4.31 Å². The molecule has 1 rings (SSSR count). The monoisotopic (exact) mass is 222 g/mol. The molecule has 0 saturated carbocycles. The minimum absolute atomic E-state index is 0.0981. The molecule has 84 valence electrons. The SMILES string of the molecule is CCOCCS(=O)(=O)N1CCNCC1. The van der Waals surface area contributed by atoms with E-state index in [2.05, 4.69) is 5.32 Å². The largest absolute Gasteiger partial charge is 0.381 e. The summed E-state index contributed by atoms with van der Waals surface area (Å²) in [4.78, 5) is 0. The van der Waals surface area contributed by atoms with Crippen LogP contribution in [0.3, 0.4) is 0 Å². The fourth-order valence-electron chi connectivity index (χ4n) is 1.36. The highest BCUT2D eigenvalue weighted by atomic mass is 32.2. The summed E-state index contributed by atoms with van der Waals surface area (Å²) in [5.41, 5.74) is 0. The Morgan fingerprint density at radius 3 is 2.57 bits per heavy atom. The Hall–Kier alpha value is -0.170. The molecule has 0 aromatic rings. The van der Waals surface area contributed by atoms with Crippen LogP contribution in [0.4, 0.5) is 0 Å². The van der Waals surface area contributed by atoms with Gasteiger partial charge in [-0.3, -0.25) is 0 Å². The van der Waals surface area contributed by atoms with Gasteiger partial charge in [0.15, 0.2) is 0 Å². The van der Waals surface area contributed by atoms with Crippen LogP contribution in [0.5, 0.6) is 0 Å². The highest BCUT2D eigenvalue weighted by Gasteiger charge is 2.22. The van der Waals surface area contributed by atoms with Crippen LogP contribution in [0.1, 0.15) is 6.92 Å². The van der Waals surface area contributed by atoms with Crippen molar-refractivity contribution >= 4 is 10.0 Å². The number of hydrogen-bond acceptors (Lipinski definition) is 4. The number of hydrogen-bond donors (Lipinski definition) is 1. The third-order valence-electron chi connectivity index (χ3n) is 2.16. The van der Waals surface area contributed by atoms with Crippen molar-refractivity contribution in [2.24, 2.45) is 0 Å². The normalized spacial score (nSPS) is 19.8. The van der Waals surface area contributed by atoms with Gasteiger partial charge < -0.3 is 10.1 Å². The Morgan fingerprint density at radius 1 is 1.36 bits per heavy atom. The zero-order valence-corrected chi connectivity index (χ0v) is 9.35. The third kappa shape index (κ3) is 3.53. The minimum atomic E-state index is -3.09. The Kier molecular flexibility index (Phi) is 4.80. The van der Waals surface area contributed by atoms with Gasteiger partial charge in [-0.2, -0.15) is 4.31 Å². The van der Waals surface area contributed by atoms with Crippen molar-refractivity contribution in [3.05, 3.63) is 0 Å². The van der Waals surface area contributed by atoms with E-state index in [0.717, 1.165) is 13.1 Å². The fraction of sp³-hybridized carbons (Fsp3) is 1.00. The summed E-state index contributed by atoms with van der Waals surface area (Å²) >= 11 is 0. The molecule has 1 aliphatic heterocycles. The lowest BCUT2D eigenvalue weighted by Crippen LogP contribution is -2.47. The molecule has 0 aliphatic carbocycles. The van der Waals surface area contributed by atoms with E-state index >= 15 is 0 Å². The van der Waals surface area contributed by atoms with Crippen LogP contribution in [0, 0.1) is 0 Å². The Morgan fingerprint density at radius 2 is 2.00 bits per heavy atom. The Bertz CT molecular complexity index is 247. The second-order valence-corrected chi connectivity index (χ2v) is 5.25. The standard InChI is InChI=1S/C8H18N2O3S/c1-2-13-7-8-14(11,12)10-5-3-9-4-6-10/h9H,2-8H2,1H3. The predicted octanol–water partition coefficient (Wildman–Crippen LogP) is -0.742. The average molecular weight is 222 g/mol. The molecular weight excluding hydrogens is 204 g/mol. The first-order chi connectivity index (χ1) is 6.67. The predicted molar refractivity (Wildman–Crippen MR) is 54.7 cm³/mol. The number of rotatable bonds is 5. The smallest absolute Gasteiger partial charge is 0.216 e. The van der Waals surface area contributed by atoms with Gasteiger partial charge >= 0.3 is 0 Å². The molecule has 1 N–H and O–H groups in total. The summed E-state index contributed by atoms with van der Waals surface area (Å²) in [6.07, 6.45) is 0. The van der Waals surface area contributed by atoms with Gasteiger partial charge in [0.25, 0.3) is 0 Å². The maximum absolute atomic E-state index is 11.7. The molecule has 6 heteroatoms. The van der Waals surface area contributed by atoms with Crippen LogP contribution in [-0.2, 0) is 14.8 Å². The third-order valence-corrected chi connectivity index (χ3v) is 3.99. The second kappa shape index (κ2) is 5.65. The van der Waals surface area contributed by atoms with E-state index in [9.17, 15) is 8.42 Å². The first kappa shape index (κ1) is 11.9. The van der Waals surface area contributed by atoms with Crippen molar-refractivity contribution < 1.29 is 13.2 Å². The van der Waals surface area contributed by atoms with Crippen LogP contribution < -0.4 is 5.32 Å². The lowest BCUT2D eigenvalue weighted by Gasteiger charge is -2.26. The van der Waals surface area contributed by atoms with E-state index in [0.29, 0.717) is 26.3 Å². The van der Waals surface area contributed by atoms with Crippen molar-refractivity contribution in [1.29, 1.82) is 0 Å². The first-order valence-corrected chi connectivity index (χ1v) is 6.54. The van der Waals surface area contributed by atoms with E-state index < -0.39 is 10.0 Å². The molecule has 0 aromatic heterocycles. The van der Waals surface area contributed by atoms with Gasteiger partial charge in [0.05, 0.1) is 12.4 Å². The summed E-state index contributed by atoms with van der Waals surface area (Å²) in [6, 6.07) is 0. The van der Waals surface area contributed by atoms with Crippen molar-refractivity contribution in [1.82, 2.24) is 9.62 Å². The van der Waals surface area contributed by atoms with Crippen LogP contribution in [0.15, 0.2) is 0 Å². The lowest BCUT2D eigenvalue weighted by atomic mass is 10.4. The maximum atomic E-state index is 11.7. The van der Waals surface area contributed by atoms with E-state index in [1.807, 2.05) is 6.92 Å². The molecule has 0 spiro atoms. The number of ether oxygens (including phenoxy) is 1. The number of sulfonamides is 1. The van der Waals surface area contributed by atoms with Gasteiger partial charge in [-0.05, 0) is 6.92 Å². The quantitative estimate of drug-likeness (QED) is 0.622. The highest BCUT2D eigenvalue weighted by Crippen LogP contribution is 2.02. The lowest BCUT2D eigenvalue weighted by molar-refractivity contribution is 0.162. The first-order valence-electron chi connectivity index (χ1n) is 4.93. The maximum Gasteiger partial charge on any atom is 0.216 e. The van der Waals surface area contributed by atoms with Crippen LogP contribution in [0.25, 0.3) is 0 Å². The molecule has 1 aliphatic rings. The molecule has 0 amide bonds. The van der Waals surface area contributed by atoms with Gasteiger partial charge in [0.1, 0.15) is 0 Å². The minimum Gasteiger partial charge on any atom is -0.381 e. The molecule has 0 atom stereocenters. The van der Waals surface area contributed by atoms with Gasteiger partial charge in [-0.15, -0.1) is 0 Å². The van der Waals surface area contributed by atoms with Gasteiger partial charge in [0, 0.05) is 32.8 Å². The molecule has 1 fully saturated rings. The molecule has 14 heavy (non-hydrogen) atoms.